The molecular weight excluding hydrogens is 226 g/mol. The van der Waals surface area contributed by atoms with Crippen molar-refractivity contribution >= 4 is 5.97 Å². The fourth-order valence-electron chi connectivity index (χ4n) is 3.02. The summed E-state index contributed by atoms with van der Waals surface area (Å²) in [7, 11) is 0. The van der Waals surface area contributed by atoms with Gasteiger partial charge in [-0.3, -0.25) is 9.69 Å². The fourth-order valence-corrected chi connectivity index (χ4v) is 3.02. The van der Waals surface area contributed by atoms with Crippen molar-refractivity contribution in [3.8, 4) is 0 Å². The zero-order chi connectivity index (χ0) is 13.4. The van der Waals surface area contributed by atoms with Crippen LogP contribution in [0.4, 0.5) is 0 Å². The third kappa shape index (κ3) is 4.97. The van der Waals surface area contributed by atoms with E-state index in [1.54, 1.807) is 0 Å². The van der Waals surface area contributed by atoms with Crippen LogP contribution >= 0.6 is 0 Å². The molecule has 1 fully saturated rings. The summed E-state index contributed by atoms with van der Waals surface area (Å²) in [5, 5.41) is 9.31. The van der Waals surface area contributed by atoms with Crippen LogP contribution in [0.2, 0.25) is 0 Å². The van der Waals surface area contributed by atoms with Crippen molar-refractivity contribution in [3.05, 3.63) is 0 Å². The zero-order valence-electron chi connectivity index (χ0n) is 12.0. The lowest BCUT2D eigenvalue weighted by Gasteiger charge is -2.37. The van der Waals surface area contributed by atoms with E-state index in [-0.39, 0.29) is 6.04 Å². The van der Waals surface area contributed by atoms with E-state index >= 15 is 0 Å². The highest BCUT2D eigenvalue weighted by atomic mass is 16.4. The molecule has 2 unspecified atom stereocenters. The Balaban J connectivity index is 2.24. The Morgan fingerprint density at radius 1 is 1.22 bits per heavy atom. The summed E-state index contributed by atoms with van der Waals surface area (Å²) in [6, 6.07) is -0.241. The molecule has 1 N–H and O–H groups in total. The number of carboxylic acids is 1. The Hall–Kier alpha value is -0.570. The molecule has 2 atom stereocenters. The minimum Gasteiger partial charge on any atom is -0.480 e. The van der Waals surface area contributed by atoms with E-state index in [2.05, 4.69) is 18.7 Å². The van der Waals surface area contributed by atoms with Crippen molar-refractivity contribution in [2.45, 2.75) is 71.3 Å². The van der Waals surface area contributed by atoms with Crippen LogP contribution in [0.5, 0.6) is 0 Å². The van der Waals surface area contributed by atoms with Crippen molar-refractivity contribution in [1.82, 2.24) is 4.90 Å². The maximum atomic E-state index is 11.3. The van der Waals surface area contributed by atoms with Crippen molar-refractivity contribution < 1.29 is 9.90 Å². The molecule has 0 bridgehead atoms. The van der Waals surface area contributed by atoms with E-state index < -0.39 is 5.97 Å². The molecule has 0 saturated carbocycles. The van der Waals surface area contributed by atoms with E-state index in [1.807, 2.05) is 0 Å². The maximum Gasteiger partial charge on any atom is 0.321 e. The number of carbonyl (C=O) groups is 1. The van der Waals surface area contributed by atoms with Gasteiger partial charge in [0.25, 0.3) is 0 Å². The average Bonchev–Trinajstić information content (AvgIpc) is 2.33. The minimum absolute atomic E-state index is 0.241. The SMILES string of the molecule is CCCCCCCCN1CCCC(C)C1C(=O)O. The first-order chi connectivity index (χ1) is 8.66. The predicted octanol–water partition coefficient (Wildman–Crippen LogP) is 3.53. The van der Waals surface area contributed by atoms with Crippen LogP contribution < -0.4 is 0 Å². The number of carboxylic acid groups (broad SMARTS) is 1. The van der Waals surface area contributed by atoms with Gasteiger partial charge in [0.15, 0.2) is 0 Å². The van der Waals surface area contributed by atoms with Gasteiger partial charge in [-0.25, -0.2) is 0 Å². The van der Waals surface area contributed by atoms with E-state index in [4.69, 9.17) is 0 Å². The number of hydrogen-bond donors (Lipinski definition) is 1. The van der Waals surface area contributed by atoms with Crippen molar-refractivity contribution in [2.75, 3.05) is 13.1 Å². The largest absolute Gasteiger partial charge is 0.480 e. The lowest BCUT2D eigenvalue weighted by atomic mass is 9.90. The Bertz CT molecular complexity index is 243. The smallest absolute Gasteiger partial charge is 0.321 e. The second-order valence-electron chi connectivity index (χ2n) is 5.71. The first kappa shape index (κ1) is 15.5. The average molecular weight is 255 g/mol. The number of piperidine rings is 1. The van der Waals surface area contributed by atoms with E-state index in [0.717, 1.165) is 32.4 Å². The van der Waals surface area contributed by atoms with Crippen LogP contribution in [-0.2, 0) is 4.79 Å². The molecule has 3 heteroatoms. The highest BCUT2D eigenvalue weighted by Gasteiger charge is 2.33. The van der Waals surface area contributed by atoms with Gasteiger partial charge < -0.3 is 5.11 Å². The predicted molar refractivity (Wildman–Crippen MR) is 74.8 cm³/mol. The number of likely N-dealkylation sites (tertiary alicyclic amines) is 1. The van der Waals surface area contributed by atoms with Crippen molar-refractivity contribution in [1.29, 1.82) is 0 Å². The van der Waals surface area contributed by atoms with Gasteiger partial charge in [0.2, 0.25) is 0 Å². The van der Waals surface area contributed by atoms with Crippen LogP contribution in [0, 0.1) is 5.92 Å². The number of aliphatic carboxylic acids is 1. The van der Waals surface area contributed by atoms with Crippen LogP contribution in [0.25, 0.3) is 0 Å². The summed E-state index contributed by atoms with van der Waals surface area (Å²) in [5.74, 6) is -0.329. The molecule has 3 nitrogen and oxygen atoms in total. The zero-order valence-corrected chi connectivity index (χ0v) is 12.0. The van der Waals surface area contributed by atoms with E-state index in [0.29, 0.717) is 5.92 Å². The topological polar surface area (TPSA) is 40.5 Å². The van der Waals surface area contributed by atoms with Crippen LogP contribution in [-0.4, -0.2) is 35.1 Å². The van der Waals surface area contributed by atoms with Gasteiger partial charge >= 0.3 is 5.97 Å². The summed E-state index contributed by atoms with van der Waals surface area (Å²) < 4.78 is 0. The van der Waals surface area contributed by atoms with Crippen molar-refractivity contribution in [2.24, 2.45) is 5.92 Å². The van der Waals surface area contributed by atoms with Gasteiger partial charge in [0.05, 0.1) is 0 Å². The molecule has 1 aliphatic heterocycles. The van der Waals surface area contributed by atoms with Gasteiger partial charge in [-0.15, -0.1) is 0 Å². The Kier molecular flexibility index (Phi) is 7.33. The molecule has 0 aromatic rings. The van der Waals surface area contributed by atoms with Gasteiger partial charge in [0, 0.05) is 0 Å². The Morgan fingerprint density at radius 2 is 1.89 bits per heavy atom. The molecule has 0 aliphatic carbocycles. The number of rotatable bonds is 8. The molecule has 1 saturated heterocycles. The highest BCUT2D eigenvalue weighted by molar-refractivity contribution is 5.74. The molecule has 1 heterocycles. The second-order valence-corrected chi connectivity index (χ2v) is 5.71. The van der Waals surface area contributed by atoms with Crippen LogP contribution in [0.15, 0.2) is 0 Å². The van der Waals surface area contributed by atoms with E-state index in [9.17, 15) is 9.90 Å². The number of hydrogen-bond acceptors (Lipinski definition) is 2. The lowest BCUT2D eigenvalue weighted by Crippen LogP contribution is -2.49. The first-order valence-electron chi connectivity index (χ1n) is 7.63. The van der Waals surface area contributed by atoms with Crippen LogP contribution in [0.3, 0.4) is 0 Å². The third-order valence-electron chi connectivity index (χ3n) is 4.09. The molecular formula is C15H29NO2. The summed E-state index contributed by atoms with van der Waals surface area (Å²) in [6.07, 6.45) is 9.86. The molecule has 0 amide bonds. The minimum atomic E-state index is -0.631. The summed E-state index contributed by atoms with van der Waals surface area (Å²) >= 11 is 0. The van der Waals surface area contributed by atoms with Crippen LogP contribution in [0.1, 0.15) is 65.2 Å². The normalized spacial score (nSPS) is 25.2. The summed E-state index contributed by atoms with van der Waals surface area (Å²) in [4.78, 5) is 13.5. The third-order valence-corrected chi connectivity index (χ3v) is 4.09. The molecule has 0 aromatic carbocycles. The molecule has 1 rings (SSSR count). The highest BCUT2D eigenvalue weighted by Crippen LogP contribution is 2.24. The fraction of sp³-hybridized carbons (Fsp3) is 0.933. The van der Waals surface area contributed by atoms with Gasteiger partial charge in [-0.05, 0) is 38.3 Å². The van der Waals surface area contributed by atoms with Gasteiger partial charge in [-0.1, -0.05) is 46.0 Å². The molecule has 0 spiro atoms. The Labute approximate surface area is 112 Å². The quantitative estimate of drug-likeness (QED) is 0.674. The number of unbranched alkanes of at least 4 members (excludes halogenated alkanes) is 5. The second kappa shape index (κ2) is 8.52. The molecule has 0 radical (unpaired) electrons. The van der Waals surface area contributed by atoms with Gasteiger partial charge in [-0.2, -0.15) is 0 Å². The molecule has 0 aromatic heterocycles. The molecule has 18 heavy (non-hydrogen) atoms. The summed E-state index contributed by atoms with van der Waals surface area (Å²) in [5.41, 5.74) is 0. The standard InChI is InChI=1S/C15H29NO2/c1-3-4-5-6-7-8-11-16-12-9-10-13(2)14(16)15(17)18/h13-14H,3-12H2,1-2H3,(H,17,18). The van der Waals surface area contributed by atoms with E-state index in [1.165, 1.54) is 32.1 Å². The first-order valence-corrected chi connectivity index (χ1v) is 7.63. The van der Waals surface area contributed by atoms with Gasteiger partial charge in [0.1, 0.15) is 6.04 Å². The molecule has 1 aliphatic rings. The molecule has 106 valence electrons. The monoisotopic (exact) mass is 255 g/mol. The van der Waals surface area contributed by atoms with Crippen molar-refractivity contribution in [3.63, 3.8) is 0 Å². The number of nitrogens with zero attached hydrogens (tertiary/aromatic N) is 1. The summed E-state index contributed by atoms with van der Waals surface area (Å²) in [6.45, 7) is 6.24. The lowest BCUT2D eigenvalue weighted by molar-refractivity contribution is -0.146. The maximum absolute atomic E-state index is 11.3. The Morgan fingerprint density at radius 3 is 2.56 bits per heavy atom.